The lowest BCUT2D eigenvalue weighted by Gasteiger charge is -2.21. The van der Waals surface area contributed by atoms with Crippen LogP contribution in [0.3, 0.4) is 0 Å². The highest BCUT2D eigenvalue weighted by molar-refractivity contribution is 6.33. The number of ether oxygens (including phenoxy) is 1. The van der Waals surface area contributed by atoms with Crippen molar-refractivity contribution in [2.45, 2.75) is 26.3 Å². The van der Waals surface area contributed by atoms with E-state index in [2.05, 4.69) is 10.4 Å². The molecule has 5 nitrogen and oxygen atoms in total. The first-order chi connectivity index (χ1) is 10.8. The number of halogens is 2. The maximum atomic E-state index is 12.2. The Bertz CT molecular complexity index is 722. The molecule has 23 heavy (non-hydrogen) atoms. The van der Waals surface area contributed by atoms with Gasteiger partial charge >= 0.3 is 0 Å². The minimum Gasteiger partial charge on any atom is -0.492 e. The molecule has 0 bridgehead atoms. The third-order valence-electron chi connectivity index (χ3n) is 3.05. The van der Waals surface area contributed by atoms with Crippen LogP contribution in [0, 0.1) is 0 Å². The van der Waals surface area contributed by atoms with Crippen LogP contribution in [-0.2, 0) is 5.54 Å². The van der Waals surface area contributed by atoms with Crippen LogP contribution in [0.4, 0.5) is 5.69 Å². The number of nitrogens with zero attached hydrogens (tertiary/aromatic N) is 2. The highest BCUT2D eigenvalue weighted by Gasteiger charge is 2.19. The topological polar surface area (TPSA) is 56.1 Å². The van der Waals surface area contributed by atoms with Crippen molar-refractivity contribution in [3.63, 3.8) is 0 Å². The Morgan fingerprint density at radius 1 is 1.22 bits per heavy atom. The maximum absolute atomic E-state index is 12.2. The molecule has 0 atom stereocenters. The van der Waals surface area contributed by atoms with E-state index in [-0.39, 0.29) is 10.6 Å². The molecule has 1 aromatic carbocycles. The Balaban J connectivity index is 1.95. The summed E-state index contributed by atoms with van der Waals surface area (Å²) >= 11 is 11.9. The first-order valence-corrected chi connectivity index (χ1v) is 7.95. The number of aromatic nitrogens is 2. The molecule has 0 aliphatic heterocycles. The fourth-order valence-electron chi connectivity index (χ4n) is 1.92. The molecule has 0 saturated carbocycles. The summed E-state index contributed by atoms with van der Waals surface area (Å²) in [6.45, 7) is 6.59. The third-order valence-corrected chi connectivity index (χ3v) is 3.67. The van der Waals surface area contributed by atoms with E-state index in [9.17, 15) is 4.79 Å². The van der Waals surface area contributed by atoms with E-state index in [1.54, 1.807) is 30.5 Å². The zero-order chi connectivity index (χ0) is 17.0. The second-order valence-electron chi connectivity index (χ2n) is 5.99. The van der Waals surface area contributed by atoms with Crippen LogP contribution < -0.4 is 15.6 Å². The molecule has 1 heterocycles. The molecule has 0 saturated heterocycles. The zero-order valence-corrected chi connectivity index (χ0v) is 14.8. The van der Waals surface area contributed by atoms with Gasteiger partial charge in [0.25, 0.3) is 5.56 Å². The number of benzene rings is 1. The van der Waals surface area contributed by atoms with E-state index in [0.717, 1.165) is 5.75 Å². The van der Waals surface area contributed by atoms with Gasteiger partial charge in [-0.25, -0.2) is 4.68 Å². The van der Waals surface area contributed by atoms with Gasteiger partial charge in [0, 0.05) is 11.6 Å². The molecule has 0 fully saturated rings. The van der Waals surface area contributed by atoms with Gasteiger partial charge in [-0.2, -0.15) is 5.10 Å². The first-order valence-electron chi connectivity index (χ1n) is 7.19. The van der Waals surface area contributed by atoms with E-state index in [1.165, 1.54) is 4.68 Å². The van der Waals surface area contributed by atoms with E-state index in [4.69, 9.17) is 27.9 Å². The van der Waals surface area contributed by atoms with Crippen LogP contribution in [0.5, 0.6) is 5.75 Å². The molecule has 0 unspecified atom stereocenters. The third kappa shape index (κ3) is 4.62. The molecule has 2 rings (SSSR count). The van der Waals surface area contributed by atoms with E-state index < -0.39 is 5.54 Å². The monoisotopic (exact) mass is 355 g/mol. The van der Waals surface area contributed by atoms with Crippen LogP contribution in [0.25, 0.3) is 0 Å². The zero-order valence-electron chi connectivity index (χ0n) is 13.3. The Morgan fingerprint density at radius 3 is 2.48 bits per heavy atom. The molecular weight excluding hydrogens is 337 g/mol. The highest BCUT2D eigenvalue weighted by atomic mass is 35.5. The molecule has 0 aliphatic carbocycles. The van der Waals surface area contributed by atoms with Gasteiger partial charge in [0.15, 0.2) is 0 Å². The van der Waals surface area contributed by atoms with Crippen molar-refractivity contribution >= 4 is 28.9 Å². The number of nitrogens with one attached hydrogen (secondary N) is 1. The summed E-state index contributed by atoms with van der Waals surface area (Å²) in [5.74, 6) is 0.726. The summed E-state index contributed by atoms with van der Waals surface area (Å²) in [7, 11) is 0. The molecule has 1 aromatic heterocycles. The predicted molar refractivity (Wildman–Crippen MR) is 93.9 cm³/mol. The van der Waals surface area contributed by atoms with Gasteiger partial charge in [0.05, 0.1) is 17.4 Å². The lowest BCUT2D eigenvalue weighted by Crippen LogP contribution is -2.36. The number of hydrogen-bond acceptors (Lipinski definition) is 4. The molecule has 2 aromatic rings. The van der Waals surface area contributed by atoms with Crippen molar-refractivity contribution in [3.05, 3.63) is 50.9 Å². The SMILES string of the molecule is CC(C)(C)n1ncc(NCCOc2ccc(Cl)cc2)c(Cl)c1=O. The van der Waals surface area contributed by atoms with Crippen molar-refractivity contribution in [3.8, 4) is 5.75 Å². The quantitative estimate of drug-likeness (QED) is 0.828. The summed E-state index contributed by atoms with van der Waals surface area (Å²) in [5.41, 5.74) is -0.239. The van der Waals surface area contributed by atoms with Crippen molar-refractivity contribution in [2.75, 3.05) is 18.5 Å². The maximum Gasteiger partial charge on any atom is 0.288 e. The highest BCUT2D eigenvalue weighted by Crippen LogP contribution is 2.18. The lowest BCUT2D eigenvalue weighted by molar-refractivity contribution is 0.331. The van der Waals surface area contributed by atoms with Gasteiger partial charge in [0.1, 0.15) is 17.4 Å². The molecule has 1 N–H and O–H groups in total. The van der Waals surface area contributed by atoms with Crippen LogP contribution in [0.2, 0.25) is 10.0 Å². The Labute approximate surface area is 145 Å². The van der Waals surface area contributed by atoms with Crippen molar-refractivity contribution in [1.29, 1.82) is 0 Å². The Morgan fingerprint density at radius 2 is 1.87 bits per heavy atom. The van der Waals surface area contributed by atoms with Gasteiger partial charge in [-0.05, 0) is 45.0 Å². The minimum absolute atomic E-state index is 0.126. The van der Waals surface area contributed by atoms with Gasteiger partial charge in [-0.15, -0.1) is 0 Å². The molecule has 0 aliphatic rings. The Hall–Kier alpha value is -1.72. The molecule has 7 heteroatoms. The van der Waals surface area contributed by atoms with Crippen LogP contribution in [-0.4, -0.2) is 22.9 Å². The van der Waals surface area contributed by atoms with Gasteiger partial charge in [0.2, 0.25) is 0 Å². The smallest absolute Gasteiger partial charge is 0.288 e. The van der Waals surface area contributed by atoms with Crippen LogP contribution in [0.1, 0.15) is 20.8 Å². The molecule has 124 valence electrons. The summed E-state index contributed by atoms with van der Waals surface area (Å²) in [6, 6.07) is 7.11. The minimum atomic E-state index is -0.420. The molecule has 0 spiro atoms. The molecular formula is C16H19Cl2N3O2. The van der Waals surface area contributed by atoms with Crippen molar-refractivity contribution in [2.24, 2.45) is 0 Å². The number of rotatable bonds is 5. The van der Waals surface area contributed by atoms with Gasteiger partial charge in [-0.1, -0.05) is 23.2 Å². The standard InChI is InChI=1S/C16H19Cl2N3O2/c1-16(2,3)21-15(22)14(18)13(10-20-21)19-8-9-23-12-6-4-11(17)5-7-12/h4-7,10,19H,8-9H2,1-3H3. The lowest BCUT2D eigenvalue weighted by atomic mass is 10.1. The average molecular weight is 356 g/mol. The first kappa shape index (κ1) is 17.6. The number of anilines is 1. The summed E-state index contributed by atoms with van der Waals surface area (Å²) in [4.78, 5) is 12.2. The average Bonchev–Trinajstić information content (AvgIpc) is 2.48. The number of hydrogen-bond donors (Lipinski definition) is 1. The fraction of sp³-hybridized carbons (Fsp3) is 0.375. The summed E-state index contributed by atoms with van der Waals surface area (Å²) < 4.78 is 6.93. The van der Waals surface area contributed by atoms with E-state index in [1.807, 2.05) is 20.8 Å². The van der Waals surface area contributed by atoms with Gasteiger partial charge < -0.3 is 10.1 Å². The van der Waals surface area contributed by atoms with Crippen molar-refractivity contribution in [1.82, 2.24) is 9.78 Å². The predicted octanol–water partition coefficient (Wildman–Crippen LogP) is 3.80. The second kappa shape index (κ2) is 7.23. The normalized spacial score (nSPS) is 11.3. The van der Waals surface area contributed by atoms with E-state index in [0.29, 0.717) is 23.9 Å². The second-order valence-corrected chi connectivity index (χ2v) is 6.80. The van der Waals surface area contributed by atoms with E-state index >= 15 is 0 Å². The Kier molecular flexibility index (Phi) is 5.55. The summed E-state index contributed by atoms with van der Waals surface area (Å²) in [6.07, 6.45) is 1.55. The summed E-state index contributed by atoms with van der Waals surface area (Å²) in [5, 5.41) is 8.00. The fourth-order valence-corrected chi connectivity index (χ4v) is 2.24. The van der Waals surface area contributed by atoms with Crippen LogP contribution >= 0.6 is 23.2 Å². The molecule has 0 radical (unpaired) electrons. The molecule has 0 amide bonds. The largest absolute Gasteiger partial charge is 0.492 e. The van der Waals surface area contributed by atoms with Crippen LogP contribution in [0.15, 0.2) is 35.3 Å². The van der Waals surface area contributed by atoms with Gasteiger partial charge in [-0.3, -0.25) is 4.79 Å². The van der Waals surface area contributed by atoms with Crippen molar-refractivity contribution < 1.29 is 4.74 Å².